The molecule has 4 heteroatoms. The van der Waals surface area contributed by atoms with Crippen LogP contribution >= 0.6 is 0 Å². The number of anilines is 1. The summed E-state index contributed by atoms with van der Waals surface area (Å²) >= 11 is 0. The van der Waals surface area contributed by atoms with E-state index in [1.807, 2.05) is 4.68 Å². The molecule has 2 heterocycles. The fraction of sp³-hybridized carbons (Fsp3) is 0.769. The number of nitrogens with zero attached hydrogens (tertiary/aromatic N) is 3. The van der Waals surface area contributed by atoms with E-state index in [0.717, 1.165) is 18.8 Å². The van der Waals surface area contributed by atoms with E-state index in [1.54, 1.807) is 0 Å². The summed E-state index contributed by atoms with van der Waals surface area (Å²) in [6.07, 6.45) is 3.99. The van der Waals surface area contributed by atoms with Gasteiger partial charge in [-0.05, 0) is 32.7 Å². The van der Waals surface area contributed by atoms with Crippen LogP contribution in [0.3, 0.4) is 0 Å². The zero-order valence-corrected chi connectivity index (χ0v) is 11.3. The first-order chi connectivity index (χ1) is 8.24. The molecule has 17 heavy (non-hydrogen) atoms. The van der Waals surface area contributed by atoms with Crippen molar-refractivity contribution in [2.45, 2.75) is 39.7 Å². The summed E-state index contributed by atoms with van der Waals surface area (Å²) in [5, 5.41) is 7.99. The smallest absolute Gasteiger partial charge is 0.131 e. The van der Waals surface area contributed by atoms with E-state index in [4.69, 9.17) is 0 Å². The molecular formula is C13H24N4. The minimum Gasteiger partial charge on any atom is -0.357 e. The molecule has 4 nitrogen and oxygen atoms in total. The highest BCUT2D eigenvalue weighted by Crippen LogP contribution is 2.25. The molecule has 0 atom stereocenters. The fourth-order valence-corrected chi connectivity index (χ4v) is 2.65. The molecule has 0 spiro atoms. The van der Waals surface area contributed by atoms with Crippen LogP contribution in [-0.2, 0) is 13.6 Å². The van der Waals surface area contributed by atoms with Gasteiger partial charge in [-0.25, -0.2) is 0 Å². The maximum Gasteiger partial charge on any atom is 0.131 e. The Hall–Kier alpha value is -1.03. The molecule has 0 bridgehead atoms. The summed E-state index contributed by atoms with van der Waals surface area (Å²) < 4.78 is 2.05. The Morgan fingerprint density at radius 2 is 1.94 bits per heavy atom. The second kappa shape index (κ2) is 5.54. The summed E-state index contributed by atoms with van der Waals surface area (Å²) in [5.74, 6) is 1.32. The minimum atomic E-state index is 0.933. The van der Waals surface area contributed by atoms with Crippen molar-refractivity contribution in [1.29, 1.82) is 0 Å². The monoisotopic (exact) mass is 236 g/mol. The zero-order valence-electron chi connectivity index (χ0n) is 11.3. The maximum atomic E-state index is 4.57. The van der Waals surface area contributed by atoms with E-state index in [-0.39, 0.29) is 0 Å². The average Bonchev–Trinajstić information content (AvgIpc) is 2.62. The molecule has 1 N–H and O–H groups in total. The normalized spacial score (nSPS) is 16.5. The molecule has 1 saturated heterocycles. The SMILES string of the molecule is CCNCc1c(C)nn(C)c1N1CCCCC1. The lowest BCUT2D eigenvalue weighted by molar-refractivity contribution is 0.558. The van der Waals surface area contributed by atoms with Gasteiger partial charge >= 0.3 is 0 Å². The third-order valence-electron chi connectivity index (χ3n) is 3.52. The second-order valence-corrected chi connectivity index (χ2v) is 4.84. The largest absolute Gasteiger partial charge is 0.357 e. The highest BCUT2D eigenvalue weighted by molar-refractivity contribution is 5.50. The highest BCUT2D eigenvalue weighted by Gasteiger charge is 2.20. The van der Waals surface area contributed by atoms with E-state index in [2.05, 4.69) is 36.2 Å². The van der Waals surface area contributed by atoms with E-state index in [0.29, 0.717) is 0 Å². The van der Waals surface area contributed by atoms with Crippen molar-refractivity contribution in [2.75, 3.05) is 24.5 Å². The minimum absolute atomic E-state index is 0.933. The highest BCUT2D eigenvalue weighted by atomic mass is 15.4. The lowest BCUT2D eigenvalue weighted by atomic mass is 10.1. The Bertz CT molecular complexity index is 364. The lowest BCUT2D eigenvalue weighted by Gasteiger charge is -2.29. The van der Waals surface area contributed by atoms with Crippen molar-refractivity contribution < 1.29 is 0 Å². The number of rotatable bonds is 4. The molecule has 0 amide bonds. The third kappa shape index (κ3) is 2.63. The van der Waals surface area contributed by atoms with Gasteiger partial charge < -0.3 is 10.2 Å². The van der Waals surface area contributed by atoms with Gasteiger partial charge in [-0.15, -0.1) is 0 Å². The lowest BCUT2D eigenvalue weighted by Crippen LogP contribution is -2.32. The van der Waals surface area contributed by atoms with E-state index in [9.17, 15) is 0 Å². The molecule has 1 aliphatic rings. The molecule has 0 saturated carbocycles. The predicted molar refractivity (Wildman–Crippen MR) is 71.4 cm³/mol. The Labute approximate surface area is 104 Å². The summed E-state index contributed by atoms with van der Waals surface area (Å²) in [5.41, 5.74) is 2.53. The zero-order chi connectivity index (χ0) is 12.3. The topological polar surface area (TPSA) is 33.1 Å². The van der Waals surface area contributed by atoms with Gasteiger partial charge in [0.05, 0.1) is 5.69 Å². The number of nitrogens with one attached hydrogen (secondary N) is 1. The first-order valence-corrected chi connectivity index (χ1v) is 6.72. The number of hydrogen-bond donors (Lipinski definition) is 1. The maximum absolute atomic E-state index is 4.57. The van der Waals surface area contributed by atoms with Crippen LogP contribution in [-0.4, -0.2) is 29.4 Å². The first kappa shape index (κ1) is 12.4. The average molecular weight is 236 g/mol. The van der Waals surface area contributed by atoms with Crippen molar-refractivity contribution in [3.63, 3.8) is 0 Å². The van der Waals surface area contributed by atoms with E-state index in [1.165, 1.54) is 43.7 Å². The van der Waals surface area contributed by atoms with Crippen LogP contribution in [0.1, 0.15) is 37.4 Å². The Morgan fingerprint density at radius 1 is 1.24 bits per heavy atom. The summed E-state index contributed by atoms with van der Waals surface area (Å²) in [6.45, 7) is 8.55. The van der Waals surface area contributed by atoms with Gasteiger partial charge in [-0.3, -0.25) is 4.68 Å². The quantitative estimate of drug-likeness (QED) is 0.866. The van der Waals surface area contributed by atoms with E-state index >= 15 is 0 Å². The van der Waals surface area contributed by atoms with Crippen LogP contribution in [0.5, 0.6) is 0 Å². The first-order valence-electron chi connectivity index (χ1n) is 6.72. The molecule has 1 aliphatic heterocycles. The number of piperidine rings is 1. The van der Waals surface area contributed by atoms with Crippen LogP contribution in [0.2, 0.25) is 0 Å². The van der Waals surface area contributed by atoms with Crippen LogP contribution in [0, 0.1) is 6.92 Å². The van der Waals surface area contributed by atoms with Crippen molar-refractivity contribution in [3.8, 4) is 0 Å². The van der Waals surface area contributed by atoms with Gasteiger partial charge in [-0.2, -0.15) is 5.10 Å². The summed E-state index contributed by atoms with van der Waals surface area (Å²) in [4.78, 5) is 2.50. The summed E-state index contributed by atoms with van der Waals surface area (Å²) in [6, 6.07) is 0. The van der Waals surface area contributed by atoms with Gasteiger partial charge in [0.2, 0.25) is 0 Å². The molecule has 0 radical (unpaired) electrons. The molecule has 0 aromatic carbocycles. The number of aryl methyl sites for hydroxylation is 2. The van der Waals surface area contributed by atoms with Gasteiger partial charge in [0.15, 0.2) is 0 Å². The number of aromatic nitrogens is 2. The summed E-state index contributed by atoms with van der Waals surface area (Å²) in [7, 11) is 2.06. The van der Waals surface area contributed by atoms with Crippen LogP contribution in [0.25, 0.3) is 0 Å². The van der Waals surface area contributed by atoms with Gasteiger partial charge in [0.1, 0.15) is 5.82 Å². The van der Waals surface area contributed by atoms with Crippen LogP contribution < -0.4 is 10.2 Å². The Morgan fingerprint density at radius 3 is 2.59 bits per heavy atom. The molecule has 1 aromatic rings. The molecule has 0 aliphatic carbocycles. The van der Waals surface area contributed by atoms with Gasteiger partial charge in [0, 0.05) is 32.2 Å². The molecule has 1 fully saturated rings. The van der Waals surface area contributed by atoms with Crippen molar-refractivity contribution >= 4 is 5.82 Å². The molecule has 0 unspecified atom stereocenters. The molecule has 2 rings (SSSR count). The number of hydrogen-bond acceptors (Lipinski definition) is 3. The second-order valence-electron chi connectivity index (χ2n) is 4.84. The molecular weight excluding hydrogens is 212 g/mol. The molecule has 1 aromatic heterocycles. The van der Waals surface area contributed by atoms with Crippen molar-refractivity contribution in [1.82, 2.24) is 15.1 Å². The Balaban J connectivity index is 2.23. The molecule has 96 valence electrons. The van der Waals surface area contributed by atoms with Gasteiger partial charge in [0.25, 0.3) is 0 Å². The van der Waals surface area contributed by atoms with Crippen LogP contribution in [0.4, 0.5) is 5.82 Å². The Kier molecular flexibility index (Phi) is 4.05. The van der Waals surface area contributed by atoms with Gasteiger partial charge in [-0.1, -0.05) is 6.92 Å². The van der Waals surface area contributed by atoms with Crippen LogP contribution in [0.15, 0.2) is 0 Å². The van der Waals surface area contributed by atoms with E-state index < -0.39 is 0 Å². The van der Waals surface area contributed by atoms with Crippen molar-refractivity contribution in [2.24, 2.45) is 7.05 Å². The van der Waals surface area contributed by atoms with Crippen molar-refractivity contribution in [3.05, 3.63) is 11.3 Å². The fourth-order valence-electron chi connectivity index (χ4n) is 2.65. The predicted octanol–water partition coefficient (Wildman–Crippen LogP) is 1.83. The third-order valence-corrected chi connectivity index (χ3v) is 3.52. The standard InChI is InChI=1S/C13H24N4/c1-4-14-10-12-11(2)15-16(3)13(12)17-8-6-5-7-9-17/h14H,4-10H2,1-3H3.